The van der Waals surface area contributed by atoms with Crippen molar-refractivity contribution in [3.05, 3.63) is 45.7 Å². The summed E-state index contributed by atoms with van der Waals surface area (Å²) in [4.78, 5) is 20.9. The maximum absolute atomic E-state index is 12.9. The largest absolute Gasteiger partial charge is 0.301 e. The molecule has 3 nitrogen and oxygen atoms in total. The molecule has 1 saturated carbocycles. The first-order chi connectivity index (χ1) is 11.6. The van der Waals surface area contributed by atoms with Crippen LogP contribution >= 0.6 is 11.8 Å². The predicted octanol–water partition coefficient (Wildman–Crippen LogP) is 4.77. The lowest BCUT2D eigenvalue weighted by Crippen LogP contribution is -2.28. The van der Waals surface area contributed by atoms with Crippen LogP contribution in [0.2, 0.25) is 0 Å². The molecule has 24 heavy (non-hydrogen) atoms. The highest BCUT2D eigenvalue weighted by molar-refractivity contribution is 7.99. The number of H-pyrrole nitrogens is 1. The molecular formula is C20H24N2OS. The van der Waals surface area contributed by atoms with Crippen molar-refractivity contribution < 1.29 is 0 Å². The van der Waals surface area contributed by atoms with Crippen molar-refractivity contribution in [2.75, 3.05) is 0 Å². The van der Waals surface area contributed by atoms with Gasteiger partial charge in [-0.15, -0.1) is 0 Å². The zero-order valence-electron chi connectivity index (χ0n) is 14.3. The molecule has 2 aliphatic rings. The average molecular weight is 340 g/mol. The van der Waals surface area contributed by atoms with E-state index in [0.717, 1.165) is 28.4 Å². The fourth-order valence-electron chi connectivity index (χ4n) is 4.32. The number of aromatic nitrogens is 2. The molecule has 4 heteroatoms. The molecule has 4 rings (SSSR count). The fourth-order valence-corrected chi connectivity index (χ4v) is 5.06. The number of hydrogen-bond donors (Lipinski definition) is 1. The van der Waals surface area contributed by atoms with Crippen molar-refractivity contribution in [3.63, 3.8) is 0 Å². The minimum absolute atomic E-state index is 0.0783. The van der Waals surface area contributed by atoms with Gasteiger partial charge in [-0.1, -0.05) is 62.7 Å². The van der Waals surface area contributed by atoms with Crippen molar-refractivity contribution in [3.8, 4) is 11.3 Å². The fraction of sp³-hybridized carbons (Fsp3) is 0.500. The maximum Gasteiger partial charge on any atom is 0.255 e. The van der Waals surface area contributed by atoms with E-state index in [4.69, 9.17) is 4.98 Å². The Hall–Kier alpha value is -1.55. The Bertz CT molecular complexity index is 806. The van der Waals surface area contributed by atoms with E-state index in [9.17, 15) is 4.79 Å². The molecule has 0 saturated heterocycles. The number of thioether (sulfide) groups is 1. The van der Waals surface area contributed by atoms with Crippen LogP contribution in [0.4, 0.5) is 0 Å². The third-order valence-corrected chi connectivity index (χ3v) is 6.22. The number of hydrogen-bond acceptors (Lipinski definition) is 3. The molecule has 0 radical (unpaired) electrons. The van der Waals surface area contributed by atoms with Crippen LogP contribution in [0.25, 0.3) is 11.3 Å². The summed E-state index contributed by atoms with van der Waals surface area (Å²) in [5.74, 6) is 0.954. The summed E-state index contributed by atoms with van der Waals surface area (Å²) in [5.41, 5.74) is 4.45. The molecule has 0 aliphatic heterocycles. The minimum atomic E-state index is 0.0783. The third-order valence-electron chi connectivity index (χ3n) is 5.33. The Kier molecular flexibility index (Phi) is 4.25. The van der Waals surface area contributed by atoms with Gasteiger partial charge in [-0.05, 0) is 36.7 Å². The van der Waals surface area contributed by atoms with Gasteiger partial charge in [0, 0.05) is 16.4 Å². The van der Waals surface area contributed by atoms with E-state index >= 15 is 0 Å². The molecule has 1 fully saturated rings. The Labute approximate surface area is 147 Å². The molecular weight excluding hydrogens is 316 g/mol. The molecule has 0 bridgehead atoms. The van der Waals surface area contributed by atoms with Gasteiger partial charge in [-0.25, -0.2) is 4.98 Å². The normalized spacial score (nSPS) is 20.2. The highest BCUT2D eigenvalue weighted by atomic mass is 32.2. The van der Waals surface area contributed by atoms with Crippen molar-refractivity contribution in [2.45, 2.75) is 62.3 Å². The van der Waals surface area contributed by atoms with Gasteiger partial charge < -0.3 is 4.98 Å². The van der Waals surface area contributed by atoms with Gasteiger partial charge in [-0.2, -0.15) is 0 Å². The van der Waals surface area contributed by atoms with Crippen molar-refractivity contribution in [1.82, 2.24) is 9.97 Å². The van der Waals surface area contributed by atoms with Crippen LogP contribution < -0.4 is 5.56 Å². The van der Waals surface area contributed by atoms with Gasteiger partial charge in [-0.3, -0.25) is 4.79 Å². The molecule has 1 N–H and O–H groups in total. The number of rotatable bonds is 3. The number of fused-ring (bicyclic) bond motifs is 3. The van der Waals surface area contributed by atoms with Gasteiger partial charge in [0.2, 0.25) is 0 Å². The Morgan fingerprint density at radius 2 is 1.96 bits per heavy atom. The zero-order chi connectivity index (χ0) is 16.7. The topological polar surface area (TPSA) is 45.8 Å². The third kappa shape index (κ3) is 2.81. The van der Waals surface area contributed by atoms with Crippen LogP contribution in [-0.4, -0.2) is 15.2 Å². The van der Waals surface area contributed by atoms with E-state index in [-0.39, 0.29) is 5.56 Å². The summed E-state index contributed by atoms with van der Waals surface area (Å²) in [6, 6.07) is 8.48. The summed E-state index contributed by atoms with van der Waals surface area (Å²) in [7, 11) is 0. The highest BCUT2D eigenvalue weighted by Gasteiger charge is 2.35. The molecule has 126 valence electrons. The van der Waals surface area contributed by atoms with E-state index in [1.54, 1.807) is 11.8 Å². The van der Waals surface area contributed by atoms with Gasteiger partial charge in [0.05, 0.1) is 5.69 Å². The van der Waals surface area contributed by atoms with Gasteiger partial charge >= 0.3 is 0 Å². The molecule has 1 aromatic carbocycles. The summed E-state index contributed by atoms with van der Waals surface area (Å²) < 4.78 is 0. The molecule has 0 amide bonds. The lowest BCUT2D eigenvalue weighted by molar-refractivity contribution is 0.424. The quantitative estimate of drug-likeness (QED) is 0.647. The van der Waals surface area contributed by atoms with Crippen LogP contribution in [0.1, 0.15) is 56.6 Å². The van der Waals surface area contributed by atoms with Crippen LogP contribution in [0.3, 0.4) is 0 Å². The Balaban J connectivity index is 1.88. The monoisotopic (exact) mass is 340 g/mol. The summed E-state index contributed by atoms with van der Waals surface area (Å²) in [6.07, 6.45) is 6.06. The smallest absolute Gasteiger partial charge is 0.255 e. The second kappa shape index (κ2) is 6.40. The first-order valence-electron chi connectivity index (χ1n) is 9.02. The van der Waals surface area contributed by atoms with E-state index in [0.29, 0.717) is 17.1 Å². The Morgan fingerprint density at radius 3 is 2.71 bits per heavy atom. The predicted molar refractivity (Wildman–Crippen MR) is 99.7 cm³/mol. The van der Waals surface area contributed by atoms with Gasteiger partial charge in [0.25, 0.3) is 5.56 Å². The minimum Gasteiger partial charge on any atom is -0.301 e. The average Bonchev–Trinajstić information content (AvgIpc) is 3.07. The molecule has 0 spiro atoms. The lowest BCUT2D eigenvalue weighted by Gasteiger charge is -2.30. The Morgan fingerprint density at radius 1 is 1.21 bits per heavy atom. The van der Waals surface area contributed by atoms with Crippen molar-refractivity contribution in [1.29, 1.82) is 0 Å². The van der Waals surface area contributed by atoms with Gasteiger partial charge in [0.1, 0.15) is 0 Å². The number of benzene rings is 1. The van der Waals surface area contributed by atoms with Crippen LogP contribution in [-0.2, 0) is 6.42 Å². The molecule has 2 aromatic rings. The van der Waals surface area contributed by atoms with Gasteiger partial charge in [0.15, 0.2) is 5.16 Å². The first kappa shape index (κ1) is 15.9. The van der Waals surface area contributed by atoms with E-state index in [2.05, 4.69) is 43.1 Å². The molecule has 1 atom stereocenters. The van der Waals surface area contributed by atoms with E-state index in [1.807, 2.05) is 0 Å². The van der Waals surface area contributed by atoms with Crippen LogP contribution in [0.5, 0.6) is 0 Å². The first-order valence-corrected chi connectivity index (χ1v) is 9.90. The van der Waals surface area contributed by atoms with Crippen LogP contribution in [0.15, 0.2) is 34.2 Å². The molecule has 0 unspecified atom stereocenters. The van der Waals surface area contributed by atoms with Crippen molar-refractivity contribution >= 4 is 11.8 Å². The zero-order valence-corrected chi connectivity index (χ0v) is 15.2. The summed E-state index contributed by atoms with van der Waals surface area (Å²) in [5, 5.41) is 1.14. The standard InChI is InChI=1S/C20H24N2OS/c1-12(2)24-20-21-18-15-10-6-5-9-14(15)11-16(13-7-3-4-8-13)17(18)19(23)22-20/h5-6,9-10,12-13,16H,3-4,7-8,11H2,1-2H3,(H,21,22,23)/t16-/m0/s1. The molecule has 2 aliphatic carbocycles. The number of nitrogens with zero attached hydrogens (tertiary/aromatic N) is 1. The molecule has 1 heterocycles. The second-order valence-electron chi connectivity index (χ2n) is 7.31. The summed E-state index contributed by atoms with van der Waals surface area (Å²) >= 11 is 1.63. The van der Waals surface area contributed by atoms with Crippen molar-refractivity contribution in [2.24, 2.45) is 5.92 Å². The summed E-state index contributed by atoms with van der Waals surface area (Å²) in [6.45, 7) is 4.25. The SMILES string of the molecule is CC(C)Sc1nc2c(c(=O)[nH]1)[C@H](C1CCCC1)Cc1ccccc1-2. The van der Waals surface area contributed by atoms with E-state index < -0.39 is 0 Å². The van der Waals surface area contributed by atoms with E-state index in [1.165, 1.54) is 31.2 Å². The number of aromatic amines is 1. The number of nitrogens with one attached hydrogen (secondary N) is 1. The van der Waals surface area contributed by atoms with Crippen LogP contribution in [0, 0.1) is 5.92 Å². The molecule has 1 aromatic heterocycles. The second-order valence-corrected chi connectivity index (χ2v) is 8.88. The lowest BCUT2D eigenvalue weighted by atomic mass is 9.74. The maximum atomic E-state index is 12.9. The highest BCUT2D eigenvalue weighted by Crippen LogP contribution is 2.45.